The lowest BCUT2D eigenvalue weighted by Gasteiger charge is -2.18. The summed E-state index contributed by atoms with van der Waals surface area (Å²) in [7, 11) is 1.84. The monoisotopic (exact) mass is 373 g/mol. The van der Waals surface area contributed by atoms with Crippen molar-refractivity contribution < 1.29 is 4.79 Å². The molecule has 4 nitrogen and oxygen atoms in total. The molecule has 0 N–H and O–H groups in total. The van der Waals surface area contributed by atoms with Crippen molar-refractivity contribution >= 4 is 28.0 Å². The van der Waals surface area contributed by atoms with Crippen LogP contribution in [-0.4, -0.2) is 27.8 Å². The smallest absolute Gasteiger partial charge is 0.228 e. The molecule has 2 aromatic carbocycles. The fourth-order valence-corrected chi connectivity index (χ4v) is 3.85. The molecule has 0 spiro atoms. The van der Waals surface area contributed by atoms with E-state index in [1.54, 1.807) is 11.1 Å². The third-order valence-electron chi connectivity index (χ3n) is 4.48. The first-order valence-electron chi connectivity index (χ1n) is 8.77. The third kappa shape index (κ3) is 3.88. The first kappa shape index (κ1) is 17.4. The molecule has 0 saturated heterocycles. The number of hydrogen-bond acceptors (Lipinski definition) is 4. The van der Waals surface area contributed by atoms with Crippen LogP contribution in [-0.2, 0) is 17.8 Å². The summed E-state index contributed by atoms with van der Waals surface area (Å²) in [6.45, 7) is 0.581. The van der Waals surface area contributed by atoms with Crippen molar-refractivity contribution in [3.8, 4) is 10.7 Å². The summed E-state index contributed by atoms with van der Waals surface area (Å²) in [4.78, 5) is 23.3. The number of likely N-dealkylation sites (N-methyl/N-ethyl adjacent to an activating group) is 1. The van der Waals surface area contributed by atoms with Crippen LogP contribution in [0.25, 0.3) is 21.5 Å². The van der Waals surface area contributed by atoms with Gasteiger partial charge in [0.2, 0.25) is 5.91 Å². The summed E-state index contributed by atoms with van der Waals surface area (Å²) >= 11 is 1.52. The lowest BCUT2D eigenvalue weighted by molar-refractivity contribution is -0.129. The van der Waals surface area contributed by atoms with E-state index in [-0.39, 0.29) is 5.91 Å². The van der Waals surface area contributed by atoms with Gasteiger partial charge in [-0.25, -0.2) is 4.98 Å². The highest BCUT2D eigenvalue weighted by molar-refractivity contribution is 7.13. The molecule has 0 aliphatic carbocycles. The van der Waals surface area contributed by atoms with Gasteiger partial charge in [0, 0.05) is 25.2 Å². The number of aromatic nitrogens is 2. The van der Waals surface area contributed by atoms with E-state index >= 15 is 0 Å². The minimum absolute atomic E-state index is 0.0563. The van der Waals surface area contributed by atoms with Gasteiger partial charge in [-0.3, -0.25) is 9.78 Å². The van der Waals surface area contributed by atoms with Gasteiger partial charge in [-0.2, -0.15) is 0 Å². The van der Waals surface area contributed by atoms with E-state index in [1.165, 1.54) is 22.1 Å². The number of carbonyl (C=O) groups excluding carboxylic acids is 1. The maximum absolute atomic E-state index is 12.7. The molecule has 0 aliphatic heterocycles. The summed E-state index contributed by atoms with van der Waals surface area (Å²) in [5, 5.41) is 5.16. The molecule has 0 aliphatic rings. The third-order valence-corrected chi connectivity index (χ3v) is 5.39. The molecule has 0 radical (unpaired) electrons. The van der Waals surface area contributed by atoms with Crippen molar-refractivity contribution in [1.82, 2.24) is 14.9 Å². The topological polar surface area (TPSA) is 46.1 Å². The molecule has 4 aromatic rings. The number of fused-ring (bicyclic) bond motifs is 1. The predicted octanol–water partition coefficient (Wildman–Crippen LogP) is 4.56. The Morgan fingerprint density at radius 1 is 1.04 bits per heavy atom. The van der Waals surface area contributed by atoms with Crippen molar-refractivity contribution in [3.05, 3.63) is 83.5 Å². The number of rotatable bonds is 5. The maximum atomic E-state index is 12.7. The van der Waals surface area contributed by atoms with Gasteiger partial charge in [-0.1, -0.05) is 48.5 Å². The number of benzene rings is 2. The van der Waals surface area contributed by atoms with Crippen LogP contribution in [0.2, 0.25) is 0 Å². The normalized spacial score (nSPS) is 10.9. The van der Waals surface area contributed by atoms with Crippen LogP contribution in [0.5, 0.6) is 0 Å². The van der Waals surface area contributed by atoms with Gasteiger partial charge in [-0.15, -0.1) is 11.3 Å². The van der Waals surface area contributed by atoms with Crippen molar-refractivity contribution in [2.24, 2.45) is 0 Å². The number of amides is 1. The number of nitrogens with zero attached hydrogens (tertiary/aromatic N) is 3. The first-order valence-corrected chi connectivity index (χ1v) is 9.65. The van der Waals surface area contributed by atoms with E-state index in [0.29, 0.717) is 13.0 Å². The molecule has 0 unspecified atom stereocenters. The van der Waals surface area contributed by atoms with E-state index in [4.69, 9.17) is 0 Å². The summed E-state index contributed by atoms with van der Waals surface area (Å²) < 4.78 is 0. The lowest BCUT2D eigenvalue weighted by atomic mass is 10.0. The lowest BCUT2D eigenvalue weighted by Crippen LogP contribution is -2.27. The van der Waals surface area contributed by atoms with Crippen LogP contribution in [0, 0.1) is 0 Å². The molecular weight excluding hydrogens is 354 g/mol. The van der Waals surface area contributed by atoms with Gasteiger partial charge < -0.3 is 4.90 Å². The van der Waals surface area contributed by atoms with E-state index in [2.05, 4.69) is 34.2 Å². The fourth-order valence-electron chi connectivity index (χ4n) is 3.06. The Kier molecular flexibility index (Phi) is 4.94. The summed E-state index contributed by atoms with van der Waals surface area (Å²) in [5.74, 6) is 0.0563. The van der Waals surface area contributed by atoms with E-state index in [1.807, 2.05) is 48.8 Å². The molecule has 2 aromatic heterocycles. The van der Waals surface area contributed by atoms with Crippen LogP contribution in [0.1, 0.15) is 11.3 Å². The molecule has 4 rings (SSSR count). The molecule has 134 valence electrons. The molecule has 0 atom stereocenters. The Balaban J connectivity index is 1.46. The first-order chi connectivity index (χ1) is 13.2. The highest BCUT2D eigenvalue weighted by Crippen LogP contribution is 2.23. The van der Waals surface area contributed by atoms with Gasteiger partial charge in [0.15, 0.2) is 0 Å². The Hall–Kier alpha value is -3.05. The zero-order chi connectivity index (χ0) is 18.6. The van der Waals surface area contributed by atoms with E-state index in [0.717, 1.165) is 22.0 Å². The zero-order valence-electron chi connectivity index (χ0n) is 15.0. The SMILES string of the molecule is CN(Cc1cccc2ccccc12)C(=O)Cc1csc(-c2ccccn2)n1. The average Bonchev–Trinajstić information content (AvgIpc) is 3.17. The average molecular weight is 373 g/mol. The molecule has 5 heteroatoms. The van der Waals surface area contributed by atoms with Crippen LogP contribution < -0.4 is 0 Å². The molecule has 0 bridgehead atoms. The Morgan fingerprint density at radius 2 is 1.85 bits per heavy atom. The quantitative estimate of drug-likeness (QED) is 0.515. The van der Waals surface area contributed by atoms with Crippen molar-refractivity contribution in [1.29, 1.82) is 0 Å². The fraction of sp³-hybridized carbons (Fsp3) is 0.136. The number of thiazole rings is 1. The molecule has 2 heterocycles. The van der Waals surface area contributed by atoms with Gasteiger partial charge in [0.1, 0.15) is 5.01 Å². The van der Waals surface area contributed by atoms with Gasteiger partial charge in [0.05, 0.1) is 17.8 Å². The highest BCUT2D eigenvalue weighted by atomic mass is 32.1. The van der Waals surface area contributed by atoms with E-state index in [9.17, 15) is 4.79 Å². The summed E-state index contributed by atoms with van der Waals surface area (Å²) in [6, 6.07) is 20.2. The second kappa shape index (κ2) is 7.68. The number of pyridine rings is 1. The standard InChI is InChI=1S/C22H19N3OS/c1-25(14-17-9-6-8-16-7-2-3-10-19(16)17)21(26)13-18-15-27-22(24-18)20-11-4-5-12-23-20/h2-12,15H,13-14H2,1H3. The second-order valence-corrected chi connectivity index (χ2v) is 7.28. The molecular formula is C22H19N3OS. The summed E-state index contributed by atoms with van der Waals surface area (Å²) in [5.41, 5.74) is 2.78. The second-order valence-electron chi connectivity index (χ2n) is 6.42. The van der Waals surface area contributed by atoms with Crippen molar-refractivity contribution in [3.63, 3.8) is 0 Å². The van der Waals surface area contributed by atoms with Crippen molar-refractivity contribution in [2.45, 2.75) is 13.0 Å². The number of hydrogen-bond donors (Lipinski definition) is 0. The van der Waals surface area contributed by atoms with Crippen LogP contribution in [0.15, 0.2) is 72.2 Å². The summed E-state index contributed by atoms with van der Waals surface area (Å²) in [6.07, 6.45) is 2.05. The minimum Gasteiger partial charge on any atom is -0.341 e. The van der Waals surface area contributed by atoms with Crippen LogP contribution in [0.4, 0.5) is 0 Å². The van der Waals surface area contributed by atoms with Crippen LogP contribution >= 0.6 is 11.3 Å². The Bertz CT molecular complexity index is 1070. The van der Waals surface area contributed by atoms with E-state index < -0.39 is 0 Å². The molecule has 0 saturated carbocycles. The molecule has 27 heavy (non-hydrogen) atoms. The number of carbonyl (C=O) groups is 1. The van der Waals surface area contributed by atoms with Gasteiger partial charge >= 0.3 is 0 Å². The largest absolute Gasteiger partial charge is 0.341 e. The Morgan fingerprint density at radius 3 is 2.70 bits per heavy atom. The Labute approximate surface area is 162 Å². The van der Waals surface area contributed by atoms with Crippen LogP contribution in [0.3, 0.4) is 0 Å². The molecule has 0 fully saturated rings. The zero-order valence-corrected chi connectivity index (χ0v) is 15.8. The predicted molar refractivity (Wildman–Crippen MR) is 109 cm³/mol. The minimum atomic E-state index is 0.0563. The maximum Gasteiger partial charge on any atom is 0.228 e. The molecule has 1 amide bonds. The van der Waals surface area contributed by atoms with Gasteiger partial charge in [-0.05, 0) is 28.5 Å². The van der Waals surface area contributed by atoms with Crippen molar-refractivity contribution in [2.75, 3.05) is 7.05 Å². The van der Waals surface area contributed by atoms with Gasteiger partial charge in [0.25, 0.3) is 0 Å². The highest BCUT2D eigenvalue weighted by Gasteiger charge is 2.14.